The molecule has 19 heavy (non-hydrogen) atoms. The second kappa shape index (κ2) is 5.80. The largest absolute Gasteiger partial charge is 0.465 e. The van der Waals surface area contributed by atoms with E-state index in [0.29, 0.717) is 6.61 Å². The Kier molecular flexibility index (Phi) is 4.12. The lowest BCUT2D eigenvalue weighted by molar-refractivity contribution is -0.145. The van der Waals surface area contributed by atoms with Gasteiger partial charge < -0.3 is 10.1 Å². The monoisotopic (exact) mass is 258 g/mol. The van der Waals surface area contributed by atoms with Crippen molar-refractivity contribution in [1.29, 1.82) is 0 Å². The molecule has 1 unspecified atom stereocenters. The van der Waals surface area contributed by atoms with Gasteiger partial charge in [0.2, 0.25) is 0 Å². The van der Waals surface area contributed by atoms with E-state index in [4.69, 9.17) is 4.74 Å². The van der Waals surface area contributed by atoms with E-state index < -0.39 is 6.04 Å². The number of nitrogens with one attached hydrogen (secondary N) is 1. The van der Waals surface area contributed by atoms with Crippen molar-refractivity contribution < 1.29 is 9.53 Å². The number of hydrogen-bond acceptors (Lipinski definition) is 4. The molecule has 0 amide bonds. The molecule has 0 bridgehead atoms. The van der Waals surface area contributed by atoms with Gasteiger partial charge in [-0.1, -0.05) is 12.1 Å². The van der Waals surface area contributed by atoms with E-state index in [1.54, 1.807) is 14.0 Å². The van der Waals surface area contributed by atoms with Gasteiger partial charge in [-0.05, 0) is 44.7 Å². The normalized spacial score (nSPS) is 12.4. The van der Waals surface area contributed by atoms with Crippen molar-refractivity contribution in [2.45, 2.75) is 19.9 Å². The summed E-state index contributed by atoms with van der Waals surface area (Å²) in [6.07, 6.45) is 0. The first-order chi connectivity index (χ1) is 9.15. The first-order valence-corrected chi connectivity index (χ1v) is 6.37. The molecule has 1 aromatic heterocycles. The highest BCUT2D eigenvalue weighted by Crippen LogP contribution is 2.20. The molecule has 0 saturated heterocycles. The highest BCUT2D eigenvalue weighted by Gasteiger charge is 2.19. The van der Waals surface area contributed by atoms with Crippen molar-refractivity contribution in [3.63, 3.8) is 0 Å². The molecule has 0 saturated carbocycles. The van der Waals surface area contributed by atoms with Crippen LogP contribution in [0.3, 0.4) is 0 Å². The zero-order valence-corrected chi connectivity index (χ0v) is 11.4. The third kappa shape index (κ3) is 2.90. The Hall–Kier alpha value is -1.94. The quantitative estimate of drug-likeness (QED) is 0.855. The lowest BCUT2D eigenvalue weighted by atomic mass is 10.0. The van der Waals surface area contributed by atoms with Crippen molar-refractivity contribution in [2.24, 2.45) is 0 Å². The summed E-state index contributed by atoms with van der Waals surface area (Å²) in [6, 6.07) is 9.35. The zero-order chi connectivity index (χ0) is 13.8. The summed E-state index contributed by atoms with van der Waals surface area (Å²) < 4.78 is 5.06. The number of benzene rings is 1. The van der Waals surface area contributed by atoms with Gasteiger partial charge in [0.1, 0.15) is 6.04 Å². The third-order valence-corrected chi connectivity index (χ3v) is 3.00. The zero-order valence-electron chi connectivity index (χ0n) is 11.4. The lowest BCUT2D eigenvalue weighted by Gasteiger charge is -2.15. The first kappa shape index (κ1) is 13.5. The maximum Gasteiger partial charge on any atom is 0.327 e. The lowest BCUT2D eigenvalue weighted by Crippen LogP contribution is -2.27. The maximum atomic E-state index is 11.9. The van der Waals surface area contributed by atoms with E-state index in [1.165, 1.54) is 0 Å². The number of hydrogen-bond donors (Lipinski definition) is 1. The predicted molar refractivity (Wildman–Crippen MR) is 74.9 cm³/mol. The van der Waals surface area contributed by atoms with Crippen molar-refractivity contribution in [3.8, 4) is 0 Å². The second-order valence-corrected chi connectivity index (χ2v) is 4.38. The number of likely N-dealkylation sites (N-methyl/N-ethyl adjacent to an activating group) is 1. The molecular formula is C15H18N2O2. The summed E-state index contributed by atoms with van der Waals surface area (Å²) in [5.74, 6) is -0.260. The number of esters is 1. The van der Waals surface area contributed by atoms with Crippen molar-refractivity contribution in [2.75, 3.05) is 13.7 Å². The molecule has 1 heterocycles. The fraction of sp³-hybridized carbons (Fsp3) is 0.333. The molecule has 0 aliphatic carbocycles. The number of carbonyl (C=O) groups is 1. The number of rotatable bonds is 4. The number of nitrogens with zero attached hydrogens (tertiary/aromatic N) is 1. The summed E-state index contributed by atoms with van der Waals surface area (Å²) in [5, 5.41) is 4.01. The molecule has 1 aromatic carbocycles. The van der Waals surface area contributed by atoms with Crippen LogP contribution in [-0.2, 0) is 9.53 Å². The Morgan fingerprint density at radius 1 is 1.37 bits per heavy atom. The first-order valence-electron chi connectivity index (χ1n) is 6.37. The van der Waals surface area contributed by atoms with E-state index in [0.717, 1.165) is 22.2 Å². The van der Waals surface area contributed by atoms with Crippen LogP contribution in [-0.4, -0.2) is 24.6 Å². The Morgan fingerprint density at radius 2 is 2.16 bits per heavy atom. The van der Waals surface area contributed by atoms with Gasteiger partial charge in [0, 0.05) is 11.1 Å². The minimum Gasteiger partial charge on any atom is -0.465 e. The van der Waals surface area contributed by atoms with Gasteiger partial charge in [-0.15, -0.1) is 0 Å². The molecule has 1 atom stereocenters. The molecule has 100 valence electrons. The number of carbonyl (C=O) groups excluding carboxylic acids is 1. The topological polar surface area (TPSA) is 51.2 Å². The maximum absolute atomic E-state index is 11.9. The Morgan fingerprint density at radius 3 is 2.84 bits per heavy atom. The van der Waals surface area contributed by atoms with Crippen LogP contribution in [0.1, 0.15) is 24.2 Å². The average molecular weight is 258 g/mol. The van der Waals surface area contributed by atoms with E-state index >= 15 is 0 Å². The highest BCUT2D eigenvalue weighted by molar-refractivity contribution is 5.83. The van der Waals surface area contributed by atoms with E-state index in [-0.39, 0.29) is 5.97 Å². The van der Waals surface area contributed by atoms with Crippen LogP contribution in [0.2, 0.25) is 0 Å². The minimum absolute atomic E-state index is 0.260. The van der Waals surface area contributed by atoms with Crippen LogP contribution < -0.4 is 5.32 Å². The number of aromatic nitrogens is 1. The van der Waals surface area contributed by atoms with Crippen LogP contribution in [0.15, 0.2) is 30.3 Å². The fourth-order valence-corrected chi connectivity index (χ4v) is 2.07. The van der Waals surface area contributed by atoms with Gasteiger partial charge in [-0.25, -0.2) is 4.79 Å². The molecule has 0 aliphatic heterocycles. The third-order valence-electron chi connectivity index (χ3n) is 3.00. The van der Waals surface area contributed by atoms with E-state index in [9.17, 15) is 4.79 Å². The molecule has 4 nitrogen and oxygen atoms in total. The van der Waals surface area contributed by atoms with Crippen LogP contribution in [0, 0.1) is 6.92 Å². The van der Waals surface area contributed by atoms with Crippen molar-refractivity contribution >= 4 is 16.9 Å². The number of fused-ring (bicyclic) bond motifs is 1. The SMILES string of the molecule is CCOC(=O)C(NC)c1ccc2nc(C)ccc2c1. The molecule has 0 aliphatic rings. The fourth-order valence-electron chi connectivity index (χ4n) is 2.07. The van der Waals surface area contributed by atoms with Gasteiger partial charge in [0.25, 0.3) is 0 Å². The van der Waals surface area contributed by atoms with E-state index in [1.807, 2.05) is 37.3 Å². The summed E-state index contributed by atoms with van der Waals surface area (Å²) in [4.78, 5) is 16.3. The Bertz CT molecular complexity index is 596. The van der Waals surface area contributed by atoms with Crippen LogP contribution in [0.4, 0.5) is 0 Å². The van der Waals surface area contributed by atoms with Crippen molar-refractivity contribution in [1.82, 2.24) is 10.3 Å². The molecule has 1 N–H and O–H groups in total. The molecule has 0 radical (unpaired) electrons. The molecule has 0 spiro atoms. The van der Waals surface area contributed by atoms with Gasteiger partial charge in [0.15, 0.2) is 0 Å². The summed E-state index contributed by atoms with van der Waals surface area (Å²) in [7, 11) is 1.75. The number of pyridine rings is 1. The Labute approximate surface area is 112 Å². The molecule has 4 heteroatoms. The smallest absolute Gasteiger partial charge is 0.327 e. The Balaban J connectivity index is 2.38. The summed E-state index contributed by atoms with van der Waals surface area (Å²) in [5.41, 5.74) is 2.80. The number of ether oxygens (including phenoxy) is 1. The van der Waals surface area contributed by atoms with Gasteiger partial charge in [0.05, 0.1) is 12.1 Å². The van der Waals surface area contributed by atoms with Gasteiger partial charge >= 0.3 is 5.97 Å². The average Bonchev–Trinajstić information content (AvgIpc) is 2.40. The molecular weight excluding hydrogens is 240 g/mol. The van der Waals surface area contributed by atoms with Crippen LogP contribution >= 0.6 is 0 Å². The second-order valence-electron chi connectivity index (χ2n) is 4.38. The minimum atomic E-state index is -0.439. The molecule has 2 rings (SSSR count). The van der Waals surface area contributed by atoms with Gasteiger partial charge in [-0.3, -0.25) is 4.98 Å². The predicted octanol–water partition coefficient (Wildman–Crippen LogP) is 2.37. The summed E-state index contributed by atoms with van der Waals surface area (Å²) in [6.45, 7) is 4.14. The highest BCUT2D eigenvalue weighted by atomic mass is 16.5. The van der Waals surface area contributed by atoms with Crippen LogP contribution in [0.5, 0.6) is 0 Å². The van der Waals surface area contributed by atoms with Crippen LogP contribution in [0.25, 0.3) is 10.9 Å². The standard InChI is InChI=1S/C15H18N2O2/c1-4-19-15(18)14(16-3)12-7-8-13-11(9-12)6-5-10(2)17-13/h5-9,14,16H,4H2,1-3H3. The van der Waals surface area contributed by atoms with E-state index in [2.05, 4.69) is 10.3 Å². The molecule has 0 fully saturated rings. The molecule has 2 aromatic rings. The van der Waals surface area contributed by atoms with Crippen molar-refractivity contribution in [3.05, 3.63) is 41.6 Å². The summed E-state index contributed by atoms with van der Waals surface area (Å²) >= 11 is 0. The van der Waals surface area contributed by atoms with Gasteiger partial charge in [-0.2, -0.15) is 0 Å². The number of aryl methyl sites for hydroxylation is 1.